The summed E-state index contributed by atoms with van der Waals surface area (Å²) < 4.78 is 11.0. The number of ether oxygens (including phenoxy) is 2. The lowest BCUT2D eigenvalue weighted by molar-refractivity contribution is -0.122. The van der Waals surface area contributed by atoms with Gasteiger partial charge in [0.05, 0.1) is 19.4 Å². The standard InChI is InChI=1S/C11H16N4O4/c1-18-6-8-10(11(17)19-2)13-14-15(8)5-9(16)12-7-3-4-7/h7H,3-6H2,1-2H3,(H,12,16). The van der Waals surface area contributed by atoms with Crippen molar-refractivity contribution in [1.82, 2.24) is 20.3 Å². The summed E-state index contributed by atoms with van der Waals surface area (Å²) in [5.74, 6) is -0.748. The van der Waals surface area contributed by atoms with E-state index < -0.39 is 5.97 Å². The monoisotopic (exact) mass is 268 g/mol. The molecular weight excluding hydrogens is 252 g/mol. The van der Waals surface area contributed by atoms with E-state index in [0.717, 1.165) is 12.8 Å². The number of hydrogen-bond acceptors (Lipinski definition) is 6. The topological polar surface area (TPSA) is 95.3 Å². The van der Waals surface area contributed by atoms with Crippen LogP contribution in [0.1, 0.15) is 29.0 Å². The Morgan fingerprint density at radius 3 is 2.74 bits per heavy atom. The fourth-order valence-electron chi connectivity index (χ4n) is 1.63. The highest BCUT2D eigenvalue weighted by atomic mass is 16.5. The van der Waals surface area contributed by atoms with Crippen LogP contribution >= 0.6 is 0 Å². The van der Waals surface area contributed by atoms with Crippen molar-refractivity contribution in [2.24, 2.45) is 0 Å². The SMILES string of the molecule is COCc1c(C(=O)OC)nnn1CC(=O)NC1CC1. The van der Waals surface area contributed by atoms with Crippen molar-refractivity contribution in [3.8, 4) is 0 Å². The number of carbonyl (C=O) groups is 2. The molecule has 1 aliphatic rings. The molecule has 19 heavy (non-hydrogen) atoms. The third kappa shape index (κ3) is 3.28. The van der Waals surface area contributed by atoms with Gasteiger partial charge in [0.15, 0.2) is 5.69 Å². The van der Waals surface area contributed by atoms with Gasteiger partial charge in [-0.05, 0) is 12.8 Å². The molecule has 1 fully saturated rings. The van der Waals surface area contributed by atoms with E-state index >= 15 is 0 Å². The molecule has 8 nitrogen and oxygen atoms in total. The minimum absolute atomic E-state index is 0.0131. The van der Waals surface area contributed by atoms with Crippen LogP contribution in [0.25, 0.3) is 0 Å². The first-order chi connectivity index (χ1) is 9.15. The van der Waals surface area contributed by atoms with Crippen LogP contribution in [0.5, 0.6) is 0 Å². The third-order valence-electron chi connectivity index (χ3n) is 2.73. The van der Waals surface area contributed by atoms with Gasteiger partial charge in [-0.15, -0.1) is 5.10 Å². The molecule has 1 aromatic heterocycles. The minimum atomic E-state index is -0.596. The summed E-state index contributed by atoms with van der Waals surface area (Å²) in [6.07, 6.45) is 2.03. The minimum Gasteiger partial charge on any atom is -0.464 e. The van der Waals surface area contributed by atoms with E-state index in [-0.39, 0.29) is 30.8 Å². The van der Waals surface area contributed by atoms with E-state index in [1.54, 1.807) is 0 Å². The summed E-state index contributed by atoms with van der Waals surface area (Å²) in [6, 6.07) is 0.280. The van der Waals surface area contributed by atoms with Gasteiger partial charge in [0.2, 0.25) is 5.91 Å². The van der Waals surface area contributed by atoms with Crippen molar-refractivity contribution in [2.45, 2.75) is 32.0 Å². The Kier molecular flexibility index (Phi) is 4.10. The zero-order valence-corrected chi connectivity index (χ0v) is 10.9. The molecule has 1 heterocycles. The Labute approximate surface area is 110 Å². The highest BCUT2D eigenvalue weighted by Crippen LogP contribution is 2.18. The molecule has 1 aliphatic carbocycles. The van der Waals surface area contributed by atoms with Crippen LogP contribution in [0, 0.1) is 0 Å². The van der Waals surface area contributed by atoms with Crippen molar-refractivity contribution in [3.63, 3.8) is 0 Å². The number of aromatic nitrogens is 3. The number of rotatable bonds is 6. The molecule has 8 heteroatoms. The second-order valence-corrected chi connectivity index (χ2v) is 4.31. The summed E-state index contributed by atoms with van der Waals surface area (Å²) in [5.41, 5.74) is 0.504. The maximum Gasteiger partial charge on any atom is 0.360 e. The number of methoxy groups -OCH3 is 2. The summed E-state index contributed by atoms with van der Waals surface area (Å²) in [5, 5.41) is 10.4. The first-order valence-electron chi connectivity index (χ1n) is 5.94. The molecule has 0 atom stereocenters. The van der Waals surface area contributed by atoms with Gasteiger partial charge in [-0.2, -0.15) is 0 Å². The Hall–Kier alpha value is -1.96. The van der Waals surface area contributed by atoms with Crippen LogP contribution in [-0.2, 0) is 27.4 Å². The second kappa shape index (κ2) is 5.79. The normalized spacial score (nSPS) is 14.2. The van der Waals surface area contributed by atoms with Gasteiger partial charge in [0.25, 0.3) is 0 Å². The molecule has 0 aliphatic heterocycles. The maximum absolute atomic E-state index is 11.7. The predicted molar refractivity (Wildman–Crippen MR) is 63.2 cm³/mol. The van der Waals surface area contributed by atoms with Gasteiger partial charge < -0.3 is 14.8 Å². The average Bonchev–Trinajstić information content (AvgIpc) is 3.11. The molecule has 104 valence electrons. The molecule has 0 aromatic carbocycles. The van der Waals surface area contributed by atoms with E-state index in [0.29, 0.717) is 5.69 Å². The largest absolute Gasteiger partial charge is 0.464 e. The molecule has 1 amide bonds. The molecule has 1 N–H and O–H groups in total. The van der Waals surface area contributed by atoms with E-state index in [1.807, 2.05) is 0 Å². The Morgan fingerprint density at radius 1 is 1.42 bits per heavy atom. The van der Waals surface area contributed by atoms with E-state index in [1.165, 1.54) is 18.9 Å². The summed E-state index contributed by atoms with van der Waals surface area (Å²) in [7, 11) is 2.75. The predicted octanol–water partition coefficient (Wildman–Crippen LogP) is -0.510. The van der Waals surface area contributed by atoms with Gasteiger partial charge in [-0.3, -0.25) is 4.79 Å². The highest BCUT2D eigenvalue weighted by Gasteiger charge is 2.25. The fraction of sp³-hybridized carbons (Fsp3) is 0.636. The van der Waals surface area contributed by atoms with Crippen molar-refractivity contribution < 1.29 is 19.1 Å². The summed E-state index contributed by atoms with van der Waals surface area (Å²) in [6.45, 7) is 0.146. The lowest BCUT2D eigenvalue weighted by atomic mass is 10.3. The Morgan fingerprint density at radius 2 is 2.16 bits per heavy atom. The van der Waals surface area contributed by atoms with Gasteiger partial charge in [-0.1, -0.05) is 5.21 Å². The number of nitrogens with zero attached hydrogens (tertiary/aromatic N) is 3. The lowest BCUT2D eigenvalue weighted by Crippen LogP contribution is -2.30. The van der Waals surface area contributed by atoms with E-state index in [9.17, 15) is 9.59 Å². The van der Waals surface area contributed by atoms with Crippen molar-refractivity contribution in [2.75, 3.05) is 14.2 Å². The van der Waals surface area contributed by atoms with Gasteiger partial charge >= 0.3 is 5.97 Å². The first-order valence-corrected chi connectivity index (χ1v) is 5.94. The average molecular weight is 268 g/mol. The molecule has 0 unspecified atom stereocenters. The first kappa shape index (κ1) is 13.5. The maximum atomic E-state index is 11.7. The number of amides is 1. The zero-order valence-electron chi connectivity index (χ0n) is 10.9. The van der Waals surface area contributed by atoms with Crippen molar-refractivity contribution >= 4 is 11.9 Å². The molecule has 0 bridgehead atoms. The number of esters is 1. The molecule has 1 saturated carbocycles. The number of hydrogen-bond donors (Lipinski definition) is 1. The molecule has 0 spiro atoms. The van der Waals surface area contributed by atoms with Gasteiger partial charge in [0.1, 0.15) is 6.54 Å². The summed E-state index contributed by atoms with van der Waals surface area (Å²) >= 11 is 0. The van der Waals surface area contributed by atoms with Crippen LogP contribution < -0.4 is 5.32 Å². The van der Waals surface area contributed by atoms with Gasteiger partial charge in [0, 0.05) is 13.2 Å². The second-order valence-electron chi connectivity index (χ2n) is 4.31. The number of carbonyl (C=O) groups excluding carboxylic acids is 2. The summed E-state index contributed by atoms with van der Waals surface area (Å²) in [4.78, 5) is 23.2. The smallest absolute Gasteiger partial charge is 0.360 e. The molecule has 0 radical (unpaired) electrons. The van der Waals surface area contributed by atoms with Crippen LogP contribution in [0.15, 0.2) is 0 Å². The van der Waals surface area contributed by atoms with Crippen LogP contribution in [0.4, 0.5) is 0 Å². The molecule has 0 saturated heterocycles. The quantitative estimate of drug-likeness (QED) is 0.698. The zero-order chi connectivity index (χ0) is 13.8. The fourth-order valence-corrected chi connectivity index (χ4v) is 1.63. The molecule has 1 aromatic rings. The highest BCUT2D eigenvalue weighted by molar-refractivity contribution is 5.88. The Balaban J connectivity index is 2.11. The van der Waals surface area contributed by atoms with Crippen molar-refractivity contribution in [1.29, 1.82) is 0 Å². The van der Waals surface area contributed by atoms with E-state index in [4.69, 9.17) is 4.74 Å². The molecular formula is C11H16N4O4. The van der Waals surface area contributed by atoms with Crippen LogP contribution in [0.3, 0.4) is 0 Å². The Bertz CT molecular complexity index is 481. The lowest BCUT2D eigenvalue weighted by Gasteiger charge is -2.07. The number of nitrogens with one attached hydrogen (secondary N) is 1. The van der Waals surface area contributed by atoms with Crippen LogP contribution in [-0.4, -0.2) is 47.1 Å². The molecule has 2 rings (SSSR count). The van der Waals surface area contributed by atoms with E-state index in [2.05, 4.69) is 20.4 Å². The van der Waals surface area contributed by atoms with Crippen LogP contribution in [0.2, 0.25) is 0 Å². The third-order valence-corrected chi connectivity index (χ3v) is 2.73. The van der Waals surface area contributed by atoms with Gasteiger partial charge in [-0.25, -0.2) is 9.48 Å². The van der Waals surface area contributed by atoms with Crippen molar-refractivity contribution in [3.05, 3.63) is 11.4 Å².